The van der Waals surface area contributed by atoms with Gasteiger partial charge in [0.2, 0.25) is 0 Å². The van der Waals surface area contributed by atoms with Gasteiger partial charge in [0.25, 0.3) is 0 Å². The van der Waals surface area contributed by atoms with Crippen molar-refractivity contribution < 1.29 is 4.39 Å². The van der Waals surface area contributed by atoms with Gasteiger partial charge in [0.15, 0.2) is 0 Å². The van der Waals surface area contributed by atoms with Gasteiger partial charge in [-0.2, -0.15) is 5.26 Å². The number of nitrogens with zero attached hydrogens (tertiary/aromatic N) is 1. The molecule has 1 rings (SSSR count). The second kappa shape index (κ2) is 5.28. The van der Waals surface area contributed by atoms with Gasteiger partial charge in [-0.1, -0.05) is 24.3 Å². The molecule has 0 atom stereocenters. The molecular formula is C12H13FN2. The molecule has 15 heavy (non-hydrogen) atoms. The molecule has 78 valence electrons. The van der Waals surface area contributed by atoms with Gasteiger partial charge in [0.1, 0.15) is 11.9 Å². The highest BCUT2D eigenvalue weighted by molar-refractivity contribution is 5.34. The second-order valence-corrected chi connectivity index (χ2v) is 3.45. The first-order chi connectivity index (χ1) is 7.15. The number of benzene rings is 1. The van der Waals surface area contributed by atoms with Crippen LogP contribution in [0.3, 0.4) is 0 Å². The van der Waals surface area contributed by atoms with Crippen LogP contribution in [0.2, 0.25) is 0 Å². The molecule has 0 saturated carbocycles. The number of rotatable bonds is 4. The van der Waals surface area contributed by atoms with Crippen LogP contribution in [0.15, 0.2) is 30.4 Å². The average molecular weight is 204 g/mol. The van der Waals surface area contributed by atoms with E-state index in [2.05, 4.69) is 11.9 Å². The van der Waals surface area contributed by atoms with E-state index in [1.807, 2.05) is 13.0 Å². The number of nitriles is 1. The third-order valence-corrected chi connectivity index (χ3v) is 1.94. The van der Waals surface area contributed by atoms with Crippen molar-refractivity contribution in [2.45, 2.75) is 13.5 Å². The Balaban J connectivity index is 2.70. The highest BCUT2D eigenvalue weighted by Crippen LogP contribution is 2.11. The van der Waals surface area contributed by atoms with Gasteiger partial charge in [0.05, 0.1) is 5.56 Å². The largest absolute Gasteiger partial charge is 0.309 e. The van der Waals surface area contributed by atoms with Crippen molar-refractivity contribution in [1.82, 2.24) is 5.32 Å². The molecule has 2 nitrogen and oxygen atoms in total. The smallest absolute Gasteiger partial charge is 0.145 e. The van der Waals surface area contributed by atoms with Crippen molar-refractivity contribution in [2.75, 3.05) is 6.54 Å². The molecule has 1 aromatic rings. The fourth-order valence-corrected chi connectivity index (χ4v) is 1.21. The molecule has 0 heterocycles. The summed E-state index contributed by atoms with van der Waals surface area (Å²) in [6.45, 7) is 6.69. The van der Waals surface area contributed by atoms with Crippen molar-refractivity contribution in [1.29, 1.82) is 5.26 Å². The SMILES string of the molecule is C=C(C)CNCc1cccc(C#N)c1F. The van der Waals surface area contributed by atoms with Gasteiger partial charge in [0, 0.05) is 18.7 Å². The monoisotopic (exact) mass is 204 g/mol. The molecule has 1 N–H and O–H groups in total. The Bertz CT molecular complexity index is 405. The summed E-state index contributed by atoms with van der Waals surface area (Å²) in [6.07, 6.45) is 0. The van der Waals surface area contributed by atoms with Gasteiger partial charge in [-0.3, -0.25) is 0 Å². The predicted octanol–water partition coefficient (Wildman–Crippen LogP) is 2.36. The second-order valence-electron chi connectivity index (χ2n) is 3.45. The van der Waals surface area contributed by atoms with Crippen LogP contribution >= 0.6 is 0 Å². The molecule has 0 aliphatic heterocycles. The zero-order valence-electron chi connectivity index (χ0n) is 8.68. The molecule has 0 unspecified atom stereocenters. The first-order valence-corrected chi connectivity index (χ1v) is 4.67. The Morgan fingerprint density at radius 1 is 1.60 bits per heavy atom. The quantitative estimate of drug-likeness (QED) is 0.764. The molecule has 3 heteroatoms. The van der Waals surface area contributed by atoms with Crippen LogP contribution in [-0.2, 0) is 6.54 Å². The lowest BCUT2D eigenvalue weighted by Gasteiger charge is -2.06. The number of hydrogen-bond acceptors (Lipinski definition) is 2. The minimum absolute atomic E-state index is 0.0876. The van der Waals surface area contributed by atoms with Crippen molar-refractivity contribution in [3.63, 3.8) is 0 Å². The normalized spacial score (nSPS) is 9.67. The standard InChI is InChI=1S/C12H13FN2/c1-9(2)7-15-8-11-5-3-4-10(6-14)12(11)13/h3-5,15H,1,7-8H2,2H3. The zero-order valence-corrected chi connectivity index (χ0v) is 8.68. The van der Waals surface area contributed by atoms with E-state index in [4.69, 9.17) is 5.26 Å². The summed E-state index contributed by atoms with van der Waals surface area (Å²) >= 11 is 0. The summed E-state index contributed by atoms with van der Waals surface area (Å²) in [5.74, 6) is -0.436. The van der Waals surface area contributed by atoms with Crippen LogP contribution in [0.4, 0.5) is 4.39 Å². The van der Waals surface area contributed by atoms with Crippen LogP contribution in [0.1, 0.15) is 18.1 Å². The third-order valence-electron chi connectivity index (χ3n) is 1.94. The molecule has 0 fully saturated rings. The molecule has 0 radical (unpaired) electrons. The molecule has 0 amide bonds. The van der Waals surface area contributed by atoms with E-state index in [0.717, 1.165) is 5.57 Å². The van der Waals surface area contributed by atoms with E-state index >= 15 is 0 Å². The summed E-state index contributed by atoms with van der Waals surface area (Å²) in [5, 5.41) is 11.7. The van der Waals surface area contributed by atoms with E-state index in [9.17, 15) is 4.39 Å². The summed E-state index contributed by atoms with van der Waals surface area (Å²) in [4.78, 5) is 0. The van der Waals surface area contributed by atoms with Gasteiger partial charge in [-0.25, -0.2) is 4.39 Å². The fraction of sp³-hybridized carbons (Fsp3) is 0.250. The topological polar surface area (TPSA) is 35.8 Å². The average Bonchev–Trinajstić information content (AvgIpc) is 2.20. The first-order valence-electron chi connectivity index (χ1n) is 4.67. The summed E-state index contributed by atoms with van der Waals surface area (Å²) < 4.78 is 13.5. The van der Waals surface area contributed by atoms with Crippen LogP contribution in [-0.4, -0.2) is 6.54 Å². The Kier molecular flexibility index (Phi) is 4.02. The Labute approximate surface area is 89.0 Å². The molecule has 0 spiro atoms. The van der Waals surface area contributed by atoms with Crippen LogP contribution in [0.5, 0.6) is 0 Å². The highest BCUT2D eigenvalue weighted by atomic mass is 19.1. The molecule has 0 bridgehead atoms. The van der Waals surface area contributed by atoms with Crippen LogP contribution < -0.4 is 5.32 Å². The maximum atomic E-state index is 13.5. The van der Waals surface area contributed by atoms with Crippen molar-refractivity contribution >= 4 is 0 Å². The predicted molar refractivity (Wildman–Crippen MR) is 57.6 cm³/mol. The van der Waals surface area contributed by atoms with Crippen LogP contribution in [0.25, 0.3) is 0 Å². The van der Waals surface area contributed by atoms with Gasteiger partial charge < -0.3 is 5.32 Å². The molecule has 0 saturated heterocycles. The van der Waals surface area contributed by atoms with Crippen molar-refractivity contribution in [2.24, 2.45) is 0 Å². The number of nitrogens with one attached hydrogen (secondary N) is 1. The van der Waals surface area contributed by atoms with E-state index in [1.165, 1.54) is 6.07 Å². The number of halogens is 1. The molecule has 0 aromatic heterocycles. The van der Waals surface area contributed by atoms with E-state index in [1.54, 1.807) is 12.1 Å². The van der Waals surface area contributed by atoms with E-state index in [-0.39, 0.29) is 5.56 Å². The van der Waals surface area contributed by atoms with Gasteiger partial charge in [-0.05, 0) is 13.0 Å². The lowest BCUT2D eigenvalue weighted by atomic mass is 10.1. The minimum Gasteiger partial charge on any atom is -0.309 e. The summed E-state index contributed by atoms with van der Waals surface area (Å²) in [6, 6.07) is 6.63. The molecule has 0 aliphatic rings. The Morgan fingerprint density at radius 3 is 2.93 bits per heavy atom. The van der Waals surface area contributed by atoms with Gasteiger partial charge >= 0.3 is 0 Å². The Hall–Kier alpha value is -1.66. The minimum atomic E-state index is -0.436. The van der Waals surface area contributed by atoms with Crippen molar-refractivity contribution in [3.8, 4) is 6.07 Å². The molecule has 1 aromatic carbocycles. The van der Waals surface area contributed by atoms with Crippen molar-refractivity contribution in [3.05, 3.63) is 47.3 Å². The van der Waals surface area contributed by atoms with E-state index < -0.39 is 5.82 Å². The van der Waals surface area contributed by atoms with Crippen LogP contribution in [0, 0.1) is 17.1 Å². The summed E-state index contributed by atoms with van der Waals surface area (Å²) in [7, 11) is 0. The molecular weight excluding hydrogens is 191 g/mol. The maximum Gasteiger partial charge on any atom is 0.145 e. The first kappa shape index (κ1) is 11.4. The van der Waals surface area contributed by atoms with Gasteiger partial charge in [-0.15, -0.1) is 0 Å². The number of hydrogen-bond donors (Lipinski definition) is 1. The lowest BCUT2D eigenvalue weighted by molar-refractivity contribution is 0.592. The molecule has 0 aliphatic carbocycles. The Morgan fingerprint density at radius 2 is 2.33 bits per heavy atom. The highest BCUT2D eigenvalue weighted by Gasteiger charge is 2.06. The summed E-state index contributed by atoms with van der Waals surface area (Å²) in [5.41, 5.74) is 1.59. The maximum absolute atomic E-state index is 13.5. The third kappa shape index (κ3) is 3.19. The van der Waals surface area contributed by atoms with E-state index in [0.29, 0.717) is 18.7 Å². The fourth-order valence-electron chi connectivity index (χ4n) is 1.21. The lowest BCUT2D eigenvalue weighted by Crippen LogP contribution is -2.16. The zero-order chi connectivity index (χ0) is 11.3.